The van der Waals surface area contributed by atoms with E-state index >= 15 is 0 Å². The van der Waals surface area contributed by atoms with E-state index in [4.69, 9.17) is 13.3 Å². The van der Waals surface area contributed by atoms with Gasteiger partial charge in [-0.25, -0.2) is 0 Å². The minimum atomic E-state index is -4.33. The molecule has 0 heterocycles. The van der Waals surface area contributed by atoms with Crippen molar-refractivity contribution in [3.05, 3.63) is 0 Å². The summed E-state index contributed by atoms with van der Waals surface area (Å²) in [5.74, 6) is 0. The minimum Gasteiger partial charge on any atom is -0.780 e. The molecule has 7 heteroatoms. The predicted molar refractivity (Wildman–Crippen MR) is 19.9 cm³/mol. The zero-order valence-corrected chi connectivity index (χ0v) is 8.02. The first-order valence-electron chi connectivity index (χ1n) is 0.667. The minimum absolute atomic E-state index is 0. The standard InChI is InChI=1S/ClH2.Na.H2O3S2/c;;1-5(2,3)4/h1H2;;(H2,1,2,3,4)/q2*+1;/p-2. The maximum Gasteiger partial charge on any atom is 1.00 e. The van der Waals surface area contributed by atoms with E-state index < -0.39 is 9.05 Å². The van der Waals surface area contributed by atoms with E-state index in [1.165, 1.54) is 0 Å². The van der Waals surface area contributed by atoms with Crippen LogP contribution >= 0.6 is 0 Å². The molecule has 3 nitrogen and oxygen atoms in total. The molecular weight excluding hydrogens is 171 g/mol. The molecule has 0 aliphatic heterocycles. The molecule has 0 aliphatic carbocycles. The maximum atomic E-state index is 8.89. The van der Waals surface area contributed by atoms with Crippen molar-refractivity contribution in [3.8, 4) is 0 Å². The molecule has 0 N–H and O–H groups in total. The molecule has 0 bridgehead atoms. The number of rotatable bonds is 0. The molecule has 0 unspecified atom stereocenters. The second kappa shape index (κ2) is 5.71. The van der Waals surface area contributed by atoms with Crippen molar-refractivity contribution >= 4 is 20.2 Å². The Morgan fingerprint density at radius 3 is 1.43 bits per heavy atom. The van der Waals surface area contributed by atoms with Gasteiger partial charge in [0.2, 0.25) is 0 Å². The van der Waals surface area contributed by atoms with Crippen molar-refractivity contribution in [1.29, 1.82) is 0 Å². The molecule has 40 valence electrons. The summed E-state index contributed by atoms with van der Waals surface area (Å²) in [5, 5.41) is 0. The third kappa shape index (κ3) is 94.5. The van der Waals surface area contributed by atoms with Crippen LogP contribution in [-0.4, -0.2) is 13.3 Å². The average Bonchev–Trinajstić information content (AvgIpc) is 0.722. The van der Waals surface area contributed by atoms with Gasteiger partial charge >= 0.3 is 29.6 Å². The Morgan fingerprint density at radius 2 is 1.43 bits per heavy atom. The largest absolute Gasteiger partial charge is 1.00 e. The molecule has 7 heavy (non-hydrogen) atoms. The summed E-state index contributed by atoms with van der Waals surface area (Å²) in [7, 11) is -4.33. The summed E-state index contributed by atoms with van der Waals surface area (Å²) in [5.41, 5.74) is 0. The van der Waals surface area contributed by atoms with Crippen LogP contribution in [0.5, 0.6) is 0 Å². The smallest absolute Gasteiger partial charge is 0.780 e. The van der Waals surface area contributed by atoms with Gasteiger partial charge in [0.1, 0.15) is 0 Å². The van der Waals surface area contributed by atoms with E-state index in [1.807, 2.05) is 0 Å². The Bertz CT molecular complexity index is 96.1. The van der Waals surface area contributed by atoms with E-state index in [-0.39, 0.29) is 42.0 Å². The van der Waals surface area contributed by atoms with Gasteiger partial charge in [-0.1, -0.05) is 0 Å². The predicted octanol–water partition coefficient (Wildman–Crippen LogP) is -4.54. The Morgan fingerprint density at radius 1 is 1.43 bits per heavy atom. The molecule has 0 aromatic heterocycles. The van der Waals surface area contributed by atoms with Gasteiger partial charge in [-0.15, -0.1) is 9.05 Å². The van der Waals surface area contributed by atoms with Crippen LogP contribution in [0.15, 0.2) is 0 Å². The van der Waals surface area contributed by atoms with E-state index in [1.54, 1.807) is 0 Å². The van der Waals surface area contributed by atoms with Crippen LogP contribution in [0, 0.1) is 12.4 Å². The van der Waals surface area contributed by atoms with Crippen LogP contribution in [0.1, 0.15) is 0 Å². The van der Waals surface area contributed by atoms with Crippen molar-refractivity contribution in [3.63, 3.8) is 0 Å². The van der Waals surface area contributed by atoms with Crippen molar-refractivity contribution in [2.24, 2.45) is 0 Å². The van der Waals surface area contributed by atoms with Gasteiger partial charge in [-0.05, 0) is 11.2 Å². The Balaban J connectivity index is -0.0000000800. The second-order valence-corrected chi connectivity index (χ2v) is 2.45. The summed E-state index contributed by atoms with van der Waals surface area (Å²) in [6.07, 6.45) is 0. The van der Waals surface area contributed by atoms with Crippen LogP contribution in [0.3, 0.4) is 0 Å². The molecule has 0 saturated heterocycles. The van der Waals surface area contributed by atoms with Crippen LogP contribution in [0.4, 0.5) is 0 Å². The van der Waals surface area contributed by atoms with E-state index in [2.05, 4.69) is 11.2 Å². The third-order valence-corrected chi connectivity index (χ3v) is 0. The monoisotopic (exact) mass is 172 g/mol. The number of halogens is 1. The number of hydrogen-bond acceptors (Lipinski definition) is 4. The fraction of sp³-hybridized carbons (Fsp3) is 0. The van der Waals surface area contributed by atoms with E-state index in [9.17, 15) is 0 Å². The summed E-state index contributed by atoms with van der Waals surface area (Å²) >= 11 is 3.24. The fourth-order valence-corrected chi connectivity index (χ4v) is 0. The first-order valence-corrected chi connectivity index (χ1v) is 3.00. The van der Waals surface area contributed by atoms with E-state index in [0.29, 0.717) is 0 Å². The quantitative estimate of drug-likeness (QED) is 0.346. The first-order chi connectivity index (χ1) is 2.00. The summed E-state index contributed by atoms with van der Waals surface area (Å²) in [6.45, 7) is 0. The molecule has 0 atom stereocenters. The Hall–Kier alpha value is 1.58. The number of hydrogen-bond donors (Lipinski definition) is 0. The Labute approximate surface area is 74.9 Å². The summed E-state index contributed by atoms with van der Waals surface area (Å²) in [6, 6.07) is 0. The second-order valence-electron chi connectivity index (χ2n) is 0.408. The van der Waals surface area contributed by atoms with Gasteiger partial charge in [0.05, 0.1) is 12.4 Å². The molecule has 0 saturated carbocycles. The molecule has 0 aliphatic rings. The van der Waals surface area contributed by atoms with Crippen LogP contribution < -0.4 is 29.6 Å². The zero-order chi connectivity index (χ0) is 4.50. The fourth-order valence-electron chi connectivity index (χ4n) is 0. The van der Waals surface area contributed by atoms with Crippen molar-refractivity contribution in [1.82, 2.24) is 0 Å². The third-order valence-electron chi connectivity index (χ3n) is 0. The molecule has 0 radical (unpaired) electrons. The summed E-state index contributed by atoms with van der Waals surface area (Å²) < 4.78 is 26.7. The van der Waals surface area contributed by atoms with Gasteiger partial charge in [0.25, 0.3) is 0 Å². The first kappa shape index (κ1) is 15.8. The Kier molecular flexibility index (Phi) is 12.9. The normalized spacial score (nSPS) is 8.29. The molecule has 0 amide bonds. The van der Waals surface area contributed by atoms with Gasteiger partial charge in [-0.2, -0.15) is 0 Å². The van der Waals surface area contributed by atoms with Gasteiger partial charge < -0.3 is 9.11 Å². The molecular formula is H2ClNaO3S2. The molecule has 0 spiro atoms. The van der Waals surface area contributed by atoms with Crippen molar-refractivity contribution in [2.75, 3.05) is 0 Å². The summed E-state index contributed by atoms with van der Waals surface area (Å²) in [4.78, 5) is 0. The molecule has 0 rings (SSSR count). The zero-order valence-electron chi connectivity index (χ0n) is 3.49. The van der Waals surface area contributed by atoms with Crippen LogP contribution in [0.2, 0.25) is 0 Å². The van der Waals surface area contributed by atoms with Gasteiger partial charge in [0, 0.05) is 0 Å². The molecule has 0 fully saturated rings. The van der Waals surface area contributed by atoms with Gasteiger partial charge in [-0.3, -0.25) is 4.21 Å². The maximum absolute atomic E-state index is 8.89. The average molecular weight is 173 g/mol. The topological polar surface area (TPSA) is 63.2 Å². The molecule has 0 aromatic carbocycles. The van der Waals surface area contributed by atoms with Crippen molar-refractivity contribution in [2.45, 2.75) is 0 Å². The van der Waals surface area contributed by atoms with Gasteiger partial charge in [0.15, 0.2) is 0 Å². The van der Waals surface area contributed by atoms with Crippen molar-refractivity contribution < 1.29 is 55.3 Å². The SMILES string of the molecule is O=S([O-])([O-])=S.[ClH2+].[Na+]. The van der Waals surface area contributed by atoms with Crippen LogP contribution in [-0.2, 0) is 20.2 Å². The van der Waals surface area contributed by atoms with Crippen LogP contribution in [0.25, 0.3) is 0 Å². The molecule has 0 aromatic rings. The van der Waals surface area contributed by atoms with E-state index in [0.717, 1.165) is 0 Å².